The molecule has 0 aliphatic carbocycles. The van der Waals surface area contributed by atoms with Crippen LogP contribution in [-0.2, 0) is 0 Å². The summed E-state index contributed by atoms with van der Waals surface area (Å²) >= 11 is 12.2. The second-order valence-corrected chi connectivity index (χ2v) is 5.96. The van der Waals surface area contributed by atoms with Crippen molar-refractivity contribution in [3.05, 3.63) is 40.8 Å². The lowest BCUT2D eigenvalue weighted by Crippen LogP contribution is -2.26. The first kappa shape index (κ1) is 15.2. The van der Waals surface area contributed by atoms with Crippen molar-refractivity contribution in [2.24, 2.45) is 0 Å². The third-order valence-corrected chi connectivity index (χ3v) is 4.19. The second-order valence-electron chi connectivity index (χ2n) is 5.11. The van der Waals surface area contributed by atoms with E-state index in [9.17, 15) is 0 Å². The molecule has 1 aliphatic heterocycles. The summed E-state index contributed by atoms with van der Waals surface area (Å²) in [6, 6.07) is 5.91. The van der Waals surface area contributed by atoms with Gasteiger partial charge in [0.1, 0.15) is 22.9 Å². The van der Waals surface area contributed by atoms with Crippen LogP contribution in [0, 0.1) is 0 Å². The highest BCUT2D eigenvalue weighted by Crippen LogP contribution is 2.34. The van der Waals surface area contributed by atoms with Gasteiger partial charge in [-0.25, -0.2) is 9.97 Å². The molecule has 7 heteroatoms. The van der Waals surface area contributed by atoms with Gasteiger partial charge in [0.25, 0.3) is 0 Å². The number of hydrogen-bond acceptors (Lipinski definition) is 5. The van der Waals surface area contributed by atoms with E-state index in [0.717, 1.165) is 30.9 Å². The van der Waals surface area contributed by atoms with Crippen LogP contribution in [0.3, 0.4) is 0 Å². The van der Waals surface area contributed by atoms with Crippen molar-refractivity contribution in [1.82, 2.24) is 9.97 Å². The molecule has 0 bridgehead atoms. The Morgan fingerprint density at radius 3 is 3.00 bits per heavy atom. The lowest BCUT2D eigenvalue weighted by molar-refractivity contribution is 0.415. The fourth-order valence-electron chi connectivity index (χ4n) is 2.62. The topological polar surface area (TPSA) is 50.3 Å². The van der Waals surface area contributed by atoms with Gasteiger partial charge >= 0.3 is 0 Å². The first-order chi connectivity index (χ1) is 10.7. The first-order valence-electron chi connectivity index (χ1n) is 6.98. The largest absolute Gasteiger partial charge is 0.495 e. The van der Waals surface area contributed by atoms with E-state index in [1.54, 1.807) is 13.3 Å². The van der Waals surface area contributed by atoms with Gasteiger partial charge in [-0.05, 0) is 24.6 Å². The molecule has 22 heavy (non-hydrogen) atoms. The average molecular weight is 339 g/mol. The van der Waals surface area contributed by atoms with Crippen molar-refractivity contribution in [2.75, 3.05) is 30.4 Å². The number of hydrogen-bond donors (Lipinski definition) is 1. The standard InChI is InChI=1S/C15H16Cl2N4O/c1-22-14-3-2-10(16)6-13(14)21-5-4-11(8-21)20-15-12(17)7-18-9-19-15/h2-3,6-7,9,11H,4-5,8H2,1H3,(H,18,19,20). The highest BCUT2D eigenvalue weighted by atomic mass is 35.5. The van der Waals surface area contributed by atoms with Crippen molar-refractivity contribution >= 4 is 34.7 Å². The number of benzene rings is 1. The number of ether oxygens (including phenoxy) is 1. The Balaban J connectivity index is 1.73. The molecule has 3 rings (SSSR count). The van der Waals surface area contributed by atoms with Crippen LogP contribution in [0.15, 0.2) is 30.7 Å². The Labute approximate surface area is 139 Å². The molecule has 5 nitrogen and oxygen atoms in total. The Morgan fingerprint density at radius 2 is 2.23 bits per heavy atom. The number of rotatable bonds is 4. The molecule has 1 saturated heterocycles. The minimum absolute atomic E-state index is 0.260. The Kier molecular flexibility index (Phi) is 4.55. The lowest BCUT2D eigenvalue weighted by Gasteiger charge is -2.22. The molecule has 0 amide bonds. The molecular formula is C15H16Cl2N4O. The molecular weight excluding hydrogens is 323 g/mol. The van der Waals surface area contributed by atoms with Crippen molar-refractivity contribution in [1.29, 1.82) is 0 Å². The second kappa shape index (κ2) is 6.58. The number of anilines is 2. The Bertz CT molecular complexity index is 668. The molecule has 2 heterocycles. The maximum absolute atomic E-state index is 6.11. The number of halogens is 2. The van der Waals surface area contributed by atoms with Crippen molar-refractivity contribution in [3.8, 4) is 5.75 Å². The number of nitrogens with one attached hydrogen (secondary N) is 1. The summed E-state index contributed by atoms with van der Waals surface area (Å²) in [5, 5.41) is 4.59. The molecule has 1 aromatic carbocycles. The zero-order chi connectivity index (χ0) is 15.5. The predicted octanol–water partition coefficient (Wildman–Crippen LogP) is 3.48. The SMILES string of the molecule is COc1ccc(Cl)cc1N1CCC(Nc2ncncc2Cl)C1. The fraction of sp³-hybridized carbons (Fsp3) is 0.333. The minimum atomic E-state index is 0.260. The maximum atomic E-state index is 6.11. The fourth-order valence-corrected chi connectivity index (χ4v) is 2.95. The molecule has 1 aromatic heterocycles. The molecule has 0 radical (unpaired) electrons. The molecule has 2 aromatic rings. The number of aromatic nitrogens is 2. The smallest absolute Gasteiger partial charge is 0.148 e. The van der Waals surface area contributed by atoms with Crippen LogP contribution in [0.4, 0.5) is 11.5 Å². The highest BCUT2D eigenvalue weighted by molar-refractivity contribution is 6.32. The van der Waals surface area contributed by atoms with Gasteiger partial charge in [0, 0.05) is 24.2 Å². The molecule has 1 unspecified atom stereocenters. The zero-order valence-corrected chi connectivity index (χ0v) is 13.6. The summed E-state index contributed by atoms with van der Waals surface area (Å²) in [6.45, 7) is 1.74. The molecule has 0 saturated carbocycles. The van der Waals surface area contributed by atoms with Gasteiger partial charge in [-0.3, -0.25) is 0 Å². The average Bonchev–Trinajstić information content (AvgIpc) is 2.98. The van der Waals surface area contributed by atoms with Crippen molar-refractivity contribution in [2.45, 2.75) is 12.5 Å². The van der Waals surface area contributed by atoms with Crippen LogP contribution in [0.2, 0.25) is 10.0 Å². The summed E-state index contributed by atoms with van der Waals surface area (Å²) in [4.78, 5) is 10.3. The Hall–Kier alpha value is -1.72. The third-order valence-electron chi connectivity index (χ3n) is 3.68. The van der Waals surface area contributed by atoms with E-state index in [2.05, 4.69) is 20.2 Å². The molecule has 1 atom stereocenters. The highest BCUT2D eigenvalue weighted by Gasteiger charge is 2.25. The molecule has 1 N–H and O–H groups in total. The van der Waals surface area contributed by atoms with E-state index < -0.39 is 0 Å². The first-order valence-corrected chi connectivity index (χ1v) is 7.73. The molecule has 1 fully saturated rings. The van der Waals surface area contributed by atoms with E-state index in [0.29, 0.717) is 15.9 Å². The van der Waals surface area contributed by atoms with Crippen LogP contribution in [-0.4, -0.2) is 36.2 Å². The van der Waals surface area contributed by atoms with Crippen LogP contribution < -0.4 is 15.0 Å². The summed E-state index contributed by atoms with van der Waals surface area (Å²) < 4.78 is 5.42. The lowest BCUT2D eigenvalue weighted by atomic mass is 10.2. The maximum Gasteiger partial charge on any atom is 0.148 e. The summed E-state index contributed by atoms with van der Waals surface area (Å²) in [7, 11) is 1.67. The van der Waals surface area contributed by atoms with Crippen molar-refractivity contribution in [3.63, 3.8) is 0 Å². The van der Waals surface area contributed by atoms with E-state index in [1.165, 1.54) is 6.33 Å². The summed E-state index contributed by atoms with van der Waals surface area (Å²) in [6.07, 6.45) is 4.06. The minimum Gasteiger partial charge on any atom is -0.495 e. The van der Waals surface area contributed by atoms with Gasteiger partial charge < -0.3 is 15.0 Å². The van der Waals surface area contributed by atoms with E-state index >= 15 is 0 Å². The quantitative estimate of drug-likeness (QED) is 0.924. The van der Waals surface area contributed by atoms with Crippen LogP contribution in [0.25, 0.3) is 0 Å². The van der Waals surface area contributed by atoms with E-state index in [1.807, 2.05) is 18.2 Å². The number of nitrogens with zero attached hydrogens (tertiary/aromatic N) is 3. The predicted molar refractivity (Wildman–Crippen MR) is 89.3 cm³/mol. The Morgan fingerprint density at radius 1 is 1.36 bits per heavy atom. The molecule has 1 aliphatic rings. The zero-order valence-electron chi connectivity index (χ0n) is 12.1. The molecule has 0 spiro atoms. The van der Waals surface area contributed by atoms with Crippen LogP contribution in [0.1, 0.15) is 6.42 Å². The monoisotopic (exact) mass is 338 g/mol. The summed E-state index contributed by atoms with van der Waals surface area (Å²) in [5.41, 5.74) is 1.01. The van der Waals surface area contributed by atoms with Gasteiger partial charge in [0.2, 0.25) is 0 Å². The van der Waals surface area contributed by atoms with Gasteiger partial charge in [-0.2, -0.15) is 0 Å². The summed E-state index contributed by atoms with van der Waals surface area (Å²) in [5.74, 6) is 1.49. The van der Waals surface area contributed by atoms with Gasteiger partial charge in [0.05, 0.1) is 19.0 Å². The van der Waals surface area contributed by atoms with E-state index in [4.69, 9.17) is 27.9 Å². The van der Waals surface area contributed by atoms with Gasteiger partial charge in [-0.1, -0.05) is 23.2 Å². The van der Waals surface area contributed by atoms with Gasteiger partial charge in [0.15, 0.2) is 0 Å². The molecule has 116 valence electrons. The van der Waals surface area contributed by atoms with Crippen LogP contribution in [0.5, 0.6) is 5.75 Å². The van der Waals surface area contributed by atoms with E-state index in [-0.39, 0.29) is 6.04 Å². The normalized spacial score (nSPS) is 17.6. The number of methoxy groups -OCH3 is 1. The third kappa shape index (κ3) is 3.20. The van der Waals surface area contributed by atoms with Crippen molar-refractivity contribution < 1.29 is 4.74 Å². The van der Waals surface area contributed by atoms with Gasteiger partial charge in [-0.15, -0.1) is 0 Å². The van der Waals surface area contributed by atoms with Crippen LogP contribution >= 0.6 is 23.2 Å².